The highest BCUT2D eigenvalue weighted by molar-refractivity contribution is 6.30. The Morgan fingerprint density at radius 2 is 1.78 bits per heavy atom. The predicted octanol–water partition coefficient (Wildman–Crippen LogP) is 4.25. The number of rotatable bonds is 1. The monoisotopic (exact) mass is 322 g/mol. The first kappa shape index (κ1) is 14.2. The average molecular weight is 323 g/mol. The number of hydrogen-bond donors (Lipinski definition) is 1. The van der Waals surface area contributed by atoms with E-state index in [1.54, 1.807) is 0 Å². The third-order valence-electron chi connectivity index (χ3n) is 4.31. The number of halogens is 1. The second kappa shape index (κ2) is 5.67. The largest absolute Gasteiger partial charge is 0.345 e. The lowest BCUT2D eigenvalue weighted by Crippen LogP contribution is -2.15. The first-order valence-electron chi connectivity index (χ1n) is 7.70. The maximum atomic E-state index is 12.1. The molecular weight excluding hydrogens is 308 g/mol. The van der Waals surface area contributed by atoms with E-state index in [9.17, 15) is 4.79 Å². The van der Waals surface area contributed by atoms with Crippen molar-refractivity contribution in [2.24, 2.45) is 0 Å². The quantitative estimate of drug-likeness (QED) is 0.728. The van der Waals surface area contributed by atoms with Crippen LogP contribution in [0.15, 0.2) is 53.3 Å². The molecule has 1 aliphatic carbocycles. The van der Waals surface area contributed by atoms with Crippen molar-refractivity contribution in [2.45, 2.75) is 19.3 Å². The van der Waals surface area contributed by atoms with Crippen LogP contribution < -0.4 is 5.69 Å². The van der Waals surface area contributed by atoms with E-state index in [-0.39, 0.29) is 5.69 Å². The summed E-state index contributed by atoms with van der Waals surface area (Å²) in [6.45, 7) is 0. The summed E-state index contributed by atoms with van der Waals surface area (Å²) in [5.41, 5.74) is 5.77. The zero-order chi connectivity index (χ0) is 15.8. The molecule has 4 rings (SSSR count). The first-order chi connectivity index (χ1) is 11.2. The van der Waals surface area contributed by atoms with E-state index in [2.05, 4.69) is 22.1 Å². The van der Waals surface area contributed by atoms with Gasteiger partial charge in [-0.15, -0.1) is 0 Å². The summed E-state index contributed by atoms with van der Waals surface area (Å²) >= 11 is 5.98. The zero-order valence-electron chi connectivity index (χ0n) is 12.5. The van der Waals surface area contributed by atoms with Crippen LogP contribution in [0.25, 0.3) is 22.5 Å². The van der Waals surface area contributed by atoms with Crippen molar-refractivity contribution in [3.63, 3.8) is 0 Å². The molecule has 3 aromatic rings. The fraction of sp³-hybridized carbons (Fsp3) is 0.158. The smallest absolute Gasteiger partial charge is 0.305 e. The van der Waals surface area contributed by atoms with Crippen LogP contribution in [0.2, 0.25) is 5.02 Å². The lowest BCUT2D eigenvalue weighted by Gasteiger charge is -2.12. The number of nitrogens with zero attached hydrogens (tertiary/aromatic N) is 1. The lowest BCUT2D eigenvalue weighted by atomic mass is 9.98. The highest BCUT2D eigenvalue weighted by Crippen LogP contribution is 2.34. The van der Waals surface area contributed by atoms with Crippen LogP contribution in [0.4, 0.5) is 0 Å². The molecule has 1 heterocycles. The normalized spacial score (nSPS) is 13.1. The topological polar surface area (TPSA) is 45.8 Å². The summed E-state index contributed by atoms with van der Waals surface area (Å²) in [5, 5.41) is 0.676. The molecule has 1 N–H and O–H groups in total. The minimum atomic E-state index is -0.314. The standard InChI is InChI=1S/C19H15ClN2O/c20-14-10-8-13(9-11-14)17-16-7-3-5-12-4-1-2-6-15(12)18(16)22-19(23)21-17/h1-2,4,6,8-11H,3,5,7H2,(H,21,22,23). The summed E-state index contributed by atoms with van der Waals surface area (Å²) in [5.74, 6) is 0. The number of hydrogen-bond acceptors (Lipinski definition) is 2. The van der Waals surface area contributed by atoms with Gasteiger partial charge in [0.25, 0.3) is 0 Å². The lowest BCUT2D eigenvalue weighted by molar-refractivity contribution is 0.828. The number of H-pyrrole nitrogens is 1. The van der Waals surface area contributed by atoms with Gasteiger partial charge in [-0.1, -0.05) is 48.0 Å². The van der Waals surface area contributed by atoms with Crippen molar-refractivity contribution in [1.29, 1.82) is 0 Å². The third-order valence-corrected chi connectivity index (χ3v) is 4.56. The van der Waals surface area contributed by atoms with Gasteiger partial charge in [-0.3, -0.25) is 0 Å². The maximum Gasteiger partial charge on any atom is 0.345 e. The molecule has 0 atom stereocenters. The van der Waals surface area contributed by atoms with Gasteiger partial charge >= 0.3 is 5.69 Å². The van der Waals surface area contributed by atoms with Gasteiger partial charge in [0.05, 0.1) is 11.4 Å². The third kappa shape index (κ3) is 2.57. The van der Waals surface area contributed by atoms with Crippen LogP contribution in [0.1, 0.15) is 17.5 Å². The van der Waals surface area contributed by atoms with Gasteiger partial charge in [0.15, 0.2) is 0 Å². The van der Waals surface area contributed by atoms with E-state index in [4.69, 9.17) is 11.6 Å². The number of nitrogens with one attached hydrogen (secondary N) is 1. The molecule has 23 heavy (non-hydrogen) atoms. The van der Waals surface area contributed by atoms with Crippen molar-refractivity contribution >= 4 is 11.6 Å². The molecule has 4 heteroatoms. The van der Waals surface area contributed by atoms with E-state index in [0.717, 1.165) is 47.3 Å². The zero-order valence-corrected chi connectivity index (χ0v) is 13.2. The van der Waals surface area contributed by atoms with Crippen LogP contribution in [0, 0.1) is 0 Å². The molecular formula is C19H15ClN2O. The Kier molecular flexibility index (Phi) is 3.50. The summed E-state index contributed by atoms with van der Waals surface area (Å²) in [6.07, 6.45) is 2.94. The second-order valence-electron chi connectivity index (χ2n) is 5.76. The van der Waals surface area contributed by atoms with Gasteiger partial charge in [-0.05, 0) is 37.0 Å². The van der Waals surface area contributed by atoms with Gasteiger partial charge in [0.2, 0.25) is 0 Å². The molecule has 1 aromatic heterocycles. The van der Waals surface area contributed by atoms with E-state index < -0.39 is 0 Å². The SMILES string of the molecule is O=c1nc(-c2ccc(Cl)cc2)c2c([nH]1)-c1ccccc1CCC2. The molecule has 0 aliphatic heterocycles. The summed E-state index contributed by atoms with van der Waals surface area (Å²) < 4.78 is 0. The van der Waals surface area contributed by atoms with E-state index in [1.165, 1.54) is 5.56 Å². The van der Waals surface area contributed by atoms with Crippen LogP contribution in [-0.4, -0.2) is 9.97 Å². The Labute approximate surface area is 139 Å². The molecule has 2 aromatic carbocycles. The van der Waals surface area contributed by atoms with Gasteiger partial charge in [0.1, 0.15) is 0 Å². The molecule has 3 nitrogen and oxygen atoms in total. The van der Waals surface area contributed by atoms with E-state index >= 15 is 0 Å². The molecule has 0 fully saturated rings. The predicted molar refractivity (Wildman–Crippen MR) is 92.8 cm³/mol. The Balaban J connectivity index is 2.00. The fourth-order valence-electron chi connectivity index (χ4n) is 3.26. The number of aromatic amines is 1. The van der Waals surface area contributed by atoms with Crippen LogP contribution >= 0.6 is 11.6 Å². The number of aryl methyl sites for hydroxylation is 1. The van der Waals surface area contributed by atoms with E-state index in [0.29, 0.717) is 5.02 Å². The van der Waals surface area contributed by atoms with Crippen LogP contribution in [0.3, 0.4) is 0 Å². The van der Waals surface area contributed by atoms with Gasteiger partial charge in [-0.25, -0.2) is 4.79 Å². The number of aromatic nitrogens is 2. The molecule has 1 aliphatic rings. The summed E-state index contributed by atoms with van der Waals surface area (Å²) in [6, 6.07) is 15.8. The second-order valence-corrected chi connectivity index (χ2v) is 6.20. The molecule has 0 radical (unpaired) electrons. The first-order valence-corrected chi connectivity index (χ1v) is 8.07. The molecule has 0 amide bonds. The molecule has 0 unspecified atom stereocenters. The van der Waals surface area contributed by atoms with Gasteiger partial charge in [-0.2, -0.15) is 4.98 Å². The molecule has 114 valence electrons. The van der Waals surface area contributed by atoms with Crippen molar-refractivity contribution in [3.05, 3.63) is 75.2 Å². The minimum absolute atomic E-state index is 0.314. The van der Waals surface area contributed by atoms with Crippen LogP contribution in [0.5, 0.6) is 0 Å². The molecule has 0 saturated heterocycles. The highest BCUT2D eigenvalue weighted by atomic mass is 35.5. The Morgan fingerprint density at radius 1 is 1.00 bits per heavy atom. The highest BCUT2D eigenvalue weighted by Gasteiger charge is 2.20. The Morgan fingerprint density at radius 3 is 2.61 bits per heavy atom. The summed E-state index contributed by atoms with van der Waals surface area (Å²) in [7, 11) is 0. The maximum absolute atomic E-state index is 12.1. The summed E-state index contributed by atoms with van der Waals surface area (Å²) in [4.78, 5) is 19.3. The minimum Gasteiger partial charge on any atom is -0.305 e. The Bertz CT molecular complexity index is 929. The number of benzene rings is 2. The Hall–Kier alpha value is -2.39. The van der Waals surface area contributed by atoms with E-state index in [1.807, 2.05) is 36.4 Å². The van der Waals surface area contributed by atoms with Crippen molar-refractivity contribution < 1.29 is 0 Å². The molecule has 0 bridgehead atoms. The average Bonchev–Trinajstić information content (AvgIpc) is 2.75. The number of fused-ring (bicyclic) bond motifs is 3. The van der Waals surface area contributed by atoms with Crippen molar-refractivity contribution in [2.75, 3.05) is 0 Å². The molecule has 0 saturated carbocycles. The van der Waals surface area contributed by atoms with Gasteiger partial charge in [0, 0.05) is 21.7 Å². The molecule has 0 spiro atoms. The fourth-order valence-corrected chi connectivity index (χ4v) is 3.38. The van der Waals surface area contributed by atoms with Crippen molar-refractivity contribution in [1.82, 2.24) is 9.97 Å². The van der Waals surface area contributed by atoms with Gasteiger partial charge < -0.3 is 4.98 Å². The van der Waals surface area contributed by atoms with Crippen LogP contribution in [-0.2, 0) is 12.8 Å². The van der Waals surface area contributed by atoms with Crippen molar-refractivity contribution in [3.8, 4) is 22.5 Å².